The van der Waals surface area contributed by atoms with E-state index < -0.39 is 0 Å². The third-order valence-corrected chi connectivity index (χ3v) is 4.32. The lowest BCUT2D eigenvalue weighted by molar-refractivity contribution is 0.447. The van der Waals surface area contributed by atoms with Crippen molar-refractivity contribution in [1.82, 2.24) is 19.7 Å². The number of anilines is 1. The predicted octanol–water partition coefficient (Wildman–Crippen LogP) is 2.97. The van der Waals surface area contributed by atoms with Gasteiger partial charge in [0.1, 0.15) is 11.5 Å². The number of phenols is 2. The smallest absolute Gasteiger partial charge is 0.226 e. The summed E-state index contributed by atoms with van der Waals surface area (Å²) in [5.41, 5.74) is 9.01. The number of aryl methyl sites for hydroxylation is 1. The van der Waals surface area contributed by atoms with E-state index in [1.165, 1.54) is 6.07 Å². The number of nitrogens with two attached hydrogens (primary N) is 1. The first-order valence-corrected chi connectivity index (χ1v) is 7.92. The fourth-order valence-corrected chi connectivity index (χ4v) is 3.06. The minimum absolute atomic E-state index is 0.0514. The van der Waals surface area contributed by atoms with Crippen molar-refractivity contribution in [2.45, 2.75) is 13.3 Å². The van der Waals surface area contributed by atoms with Crippen LogP contribution < -0.4 is 5.73 Å². The van der Waals surface area contributed by atoms with Crippen LogP contribution in [0.5, 0.6) is 11.5 Å². The Balaban J connectivity index is 2.00. The third-order valence-electron chi connectivity index (χ3n) is 4.32. The molecule has 2 aromatic carbocycles. The number of aromatic hydroxyl groups is 2. The highest BCUT2D eigenvalue weighted by Crippen LogP contribution is 2.37. The van der Waals surface area contributed by atoms with Crippen LogP contribution in [-0.4, -0.2) is 30.0 Å². The molecule has 25 heavy (non-hydrogen) atoms. The molecule has 0 aliphatic heterocycles. The third kappa shape index (κ3) is 2.28. The summed E-state index contributed by atoms with van der Waals surface area (Å²) in [6.07, 6.45) is 2.47. The van der Waals surface area contributed by atoms with Crippen LogP contribution in [0.15, 0.2) is 42.6 Å². The van der Waals surface area contributed by atoms with Gasteiger partial charge in [0.25, 0.3) is 0 Å². The monoisotopic (exact) mass is 335 g/mol. The number of aromatic nitrogens is 4. The number of fused-ring (bicyclic) bond motifs is 1. The summed E-state index contributed by atoms with van der Waals surface area (Å²) >= 11 is 0. The van der Waals surface area contributed by atoms with E-state index in [9.17, 15) is 10.2 Å². The highest BCUT2D eigenvalue weighted by Gasteiger charge is 2.20. The zero-order valence-corrected chi connectivity index (χ0v) is 13.6. The lowest BCUT2D eigenvalue weighted by atomic mass is 10.1. The largest absolute Gasteiger partial charge is 0.508 e. The number of H-pyrrole nitrogens is 1. The van der Waals surface area contributed by atoms with E-state index in [0.29, 0.717) is 23.4 Å². The van der Waals surface area contributed by atoms with Crippen molar-refractivity contribution in [2.24, 2.45) is 0 Å². The molecule has 5 N–H and O–H groups in total. The molecule has 0 spiro atoms. The molecule has 0 saturated heterocycles. The van der Waals surface area contributed by atoms with E-state index in [1.54, 1.807) is 10.6 Å². The summed E-state index contributed by atoms with van der Waals surface area (Å²) in [5.74, 6) is 0.604. The summed E-state index contributed by atoms with van der Waals surface area (Å²) < 4.78 is 1.70. The second-order valence-corrected chi connectivity index (χ2v) is 5.78. The lowest BCUT2D eigenvalue weighted by Crippen LogP contribution is -2.03. The van der Waals surface area contributed by atoms with Crippen LogP contribution in [0.2, 0.25) is 0 Å². The van der Waals surface area contributed by atoms with E-state index in [1.807, 2.05) is 37.4 Å². The Morgan fingerprint density at radius 2 is 1.96 bits per heavy atom. The van der Waals surface area contributed by atoms with Crippen LogP contribution >= 0.6 is 0 Å². The first kappa shape index (κ1) is 15.1. The van der Waals surface area contributed by atoms with E-state index in [2.05, 4.69) is 15.2 Å². The average molecular weight is 335 g/mol. The molecule has 0 saturated carbocycles. The molecule has 0 radical (unpaired) electrons. The zero-order valence-electron chi connectivity index (χ0n) is 13.6. The van der Waals surface area contributed by atoms with Crippen molar-refractivity contribution < 1.29 is 10.2 Å². The molecule has 2 heterocycles. The number of phenolic OH excluding ortho intramolecular Hbond substituents is 2. The molecule has 2 aromatic heterocycles. The second-order valence-electron chi connectivity index (χ2n) is 5.78. The quantitative estimate of drug-likeness (QED) is 0.460. The standard InChI is InChI=1S/C18H17N5O2/c1-2-10-8-12(16(25)9-15(10)24)17-21-22-18(19)23(17)14-5-3-4-13-11(14)6-7-20-13/h3-9,20,24-25H,2H2,1H3,(H2,19,22). The molecular weight excluding hydrogens is 318 g/mol. The summed E-state index contributed by atoms with van der Waals surface area (Å²) in [7, 11) is 0. The molecule has 126 valence electrons. The van der Waals surface area contributed by atoms with Crippen LogP contribution in [0.25, 0.3) is 28.0 Å². The lowest BCUT2D eigenvalue weighted by Gasteiger charge is -2.12. The molecular formula is C18H17N5O2. The SMILES string of the molecule is CCc1cc(-c2nnc(N)n2-c2cccc3[nH]ccc23)c(O)cc1O. The Morgan fingerprint density at radius 1 is 1.12 bits per heavy atom. The maximum atomic E-state index is 10.3. The fourth-order valence-electron chi connectivity index (χ4n) is 3.06. The van der Waals surface area contributed by atoms with Crippen LogP contribution in [0.4, 0.5) is 5.95 Å². The molecule has 0 amide bonds. The average Bonchev–Trinajstić information content (AvgIpc) is 3.21. The maximum Gasteiger partial charge on any atom is 0.226 e. The highest BCUT2D eigenvalue weighted by atomic mass is 16.3. The van der Waals surface area contributed by atoms with Gasteiger partial charge in [0, 0.05) is 23.2 Å². The maximum absolute atomic E-state index is 10.3. The molecule has 4 aromatic rings. The Labute approximate surface area is 143 Å². The van der Waals surface area contributed by atoms with Gasteiger partial charge in [0.15, 0.2) is 5.82 Å². The Bertz CT molecular complexity index is 1080. The van der Waals surface area contributed by atoms with Gasteiger partial charge in [-0.05, 0) is 36.2 Å². The first-order valence-electron chi connectivity index (χ1n) is 7.92. The van der Waals surface area contributed by atoms with Gasteiger partial charge in [-0.1, -0.05) is 13.0 Å². The predicted molar refractivity (Wildman–Crippen MR) is 95.8 cm³/mol. The Kier molecular flexibility index (Phi) is 3.35. The van der Waals surface area contributed by atoms with Gasteiger partial charge in [-0.15, -0.1) is 10.2 Å². The molecule has 0 aliphatic rings. The van der Waals surface area contributed by atoms with E-state index in [0.717, 1.165) is 16.6 Å². The molecule has 0 atom stereocenters. The molecule has 0 aliphatic carbocycles. The van der Waals surface area contributed by atoms with Gasteiger partial charge in [0.05, 0.1) is 11.3 Å². The molecule has 7 nitrogen and oxygen atoms in total. The van der Waals surface area contributed by atoms with Crippen molar-refractivity contribution in [2.75, 3.05) is 5.73 Å². The number of hydrogen-bond donors (Lipinski definition) is 4. The van der Waals surface area contributed by atoms with Gasteiger partial charge in [-0.2, -0.15) is 0 Å². The molecule has 4 rings (SSSR count). The topological polar surface area (TPSA) is 113 Å². The van der Waals surface area contributed by atoms with Crippen LogP contribution in [0.1, 0.15) is 12.5 Å². The number of rotatable bonds is 3. The number of benzene rings is 2. The van der Waals surface area contributed by atoms with E-state index in [4.69, 9.17) is 5.73 Å². The van der Waals surface area contributed by atoms with Crippen molar-refractivity contribution in [1.29, 1.82) is 0 Å². The normalized spacial score (nSPS) is 11.2. The number of aromatic amines is 1. The Hall–Kier alpha value is -3.48. The molecule has 7 heteroatoms. The fraction of sp³-hybridized carbons (Fsp3) is 0.111. The van der Waals surface area contributed by atoms with Crippen molar-refractivity contribution >= 4 is 16.9 Å². The summed E-state index contributed by atoms with van der Waals surface area (Å²) in [6, 6.07) is 10.8. The number of nitrogens with one attached hydrogen (secondary N) is 1. The minimum Gasteiger partial charge on any atom is -0.508 e. The second kappa shape index (κ2) is 5.55. The molecule has 0 bridgehead atoms. The van der Waals surface area contributed by atoms with Gasteiger partial charge in [-0.25, -0.2) is 0 Å². The zero-order chi connectivity index (χ0) is 17.6. The van der Waals surface area contributed by atoms with Crippen molar-refractivity contribution in [3.05, 3.63) is 48.2 Å². The van der Waals surface area contributed by atoms with Crippen molar-refractivity contribution in [3.8, 4) is 28.6 Å². The van der Waals surface area contributed by atoms with Gasteiger partial charge >= 0.3 is 0 Å². The van der Waals surface area contributed by atoms with E-state index in [-0.39, 0.29) is 17.4 Å². The number of nitrogens with zero attached hydrogens (tertiary/aromatic N) is 3. The molecule has 0 fully saturated rings. The van der Waals surface area contributed by atoms with Crippen LogP contribution in [-0.2, 0) is 6.42 Å². The molecule has 0 unspecified atom stereocenters. The Morgan fingerprint density at radius 3 is 2.76 bits per heavy atom. The first-order chi connectivity index (χ1) is 12.1. The van der Waals surface area contributed by atoms with E-state index >= 15 is 0 Å². The van der Waals surface area contributed by atoms with Gasteiger partial charge in [0.2, 0.25) is 5.95 Å². The highest BCUT2D eigenvalue weighted by molar-refractivity contribution is 5.89. The van der Waals surface area contributed by atoms with Crippen LogP contribution in [0.3, 0.4) is 0 Å². The van der Waals surface area contributed by atoms with Crippen LogP contribution in [0, 0.1) is 0 Å². The van der Waals surface area contributed by atoms with Gasteiger partial charge in [-0.3, -0.25) is 4.57 Å². The summed E-state index contributed by atoms with van der Waals surface area (Å²) in [6.45, 7) is 1.93. The van der Waals surface area contributed by atoms with Gasteiger partial charge < -0.3 is 20.9 Å². The summed E-state index contributed by atoms with van der Waals surface area (Å²) in [5, 5.41) is 29.4. The van der Waals surface area contributed by atoms with Crippen molar-refractivity contribution in [3.63, 3.8) is 0 Å². The summed E-state index contributed by atoms with van der Waals surface area (Å²) in [4.78, 5) is 3.16. The number of hydrogen-bond acceptors (Lipinski definition) is 5. The minimum atomic E-state index is -0.0791. The number of nitrogen functional groups attached to an aromatic ring is 1.